The SMILES string of the molecule is Cc1cc(C(=O)Nc2[nH]ncc2N)co1. The number of hydrogen-bond acceptors (Lipinski definition) is 4. The molecule has 6 heteroatoms. The summed E-state index contributed by atoms with van der Waals surface area (Å²) in [4.78, 5) is 11.6. The third kappa shape index (κ3) is 1.83. The lowest BCUT2D eigenvalue weighted by Gasteiger charge is -2.00. The normalized spacial score (nSPS) is 10.2. The van der Waals surface area contributed by atoms with Crippen LogP contribution in [0, 0.1) is 6.92 Å². The van der Waals surface area contributed by atoms with Gasteiger partial charge < -0.3 is 15.5 Å². The molecular weight excluding hydrogens is 196 g/mol. The molecule has 15 heavy (non-hydrogen) atoms. The highest BCUT2D eigenvalue weighted by Crippen LogP contribution is 2.14. The maximum atomic E-state index is 11.6. The molecule has 1 amide bonds. The number of nitrogens with two attached hydrogens (primary N) is 1. The third-order valence-corrected chi connectivity index (χ3v) is 1.90. The summed E-state index contributed by atoms with van der Waals surface area (Å²) in [6.45, 7) is 1.77. The van der Waals surface area contributed by atoms with Gasteiger partial charge >= 0.3 is 0 Å². The summed E-state index contributed by atoms with van der Waals surface area (Å²) in [7, 11) is 0. The number of nitrogens with one attached hydrogen (secondary N) is 2. The highest BCUT2D eigenvalue weighted by Gasteiger charge is 2.11. The predicted octanol–water partition coefficient (Wildman–Crippen LogP) is 1.15. The Hall–Kier alpha value is -2.24. The number of rotatable bonds is 2. The average Bonchev–Trinajstić information content (AvgIpc) is 2.77. The first-order valence-electron chi connectivity index (χ1n) is 4.32. The van der Waals surface area contributed by atoms with Gasteiger partial charge in [-0.2, -0.15) is 5.10 Å². The number of nitrogens with zero attached hydrogens (tertiary/aromatic N) is 1. The molecule has 4 N–H and O–H groups in total. The number of aromatic nitrogens is 2. The molecule has 2 aromatic heterocycles. The minimum atomic E-state index is -0.289. The van der Waals surface area contributed by atoms with E-state index >= 15 is 0 Å². The van der Waals surface area contributed by atoms with E-state index in [0.717, 1.165) is 0 Å². The van der Waals surface area contributed by atoms with Crippen LogP contribution in [0.5, 0.6) is 0 Å². The van der Waals surface area contributed by atoms with Crippen molar-refractivity contribution in [1.82, 2.24) is 10.2 Å². The van der Waals surface area contributed by atoms with Crippen LogP contribution in [-0.2, 0) is 0 Å². The molecule has 0 aromatic carbocycles. The summed E-state index contributed by atoms with van der Waals surface area (Å²) in [5.74, 6) is 0.777. The van der Waals surface area contributed by atoms with E-state index in [4.69, 9.17) is 10.2 Å². The van der Waals surface area contributed by atoms with Gasteiger partial charge in [-0.1, -0.05) is 0 Å². The molecule has 0 fully saturated rings. The molecule has 2 heterocycles. The Morgan fingerprint density at radius 2 is 2.47 bits per heavy atom. The van der Waals surface area contributed by atoms with Gasteiger partial charge in [-0.3, -0.25) is 9.89 Å². The summed E-state index contributed by atoms with van der Waals surface area (Å²) >= 11 is 0. The maximum Gasteiger partial charge on any atom is 0.260 e. The van der Waals surface area contributed by atoms with Crippen LogP contribution in [0.15, 0.2) is 22.9 Å². The van der Waals surface area contributed by atoms with Gasteiger partial charge in [0.25, 0.3) is 5.91 Å². The second-order valence-corrected chi connectivity index (χ2v) is 3.10. The molecule has 2 aromatic rings. The lowest BCUT2D eigenvalue weighted by Crippen LogP contribution is -2.12. The van der Waals surface area contributed by atoms with Crippen LogP contribution in [0.3, 0.4) is 0 Å². The standard InChI is InChI=1S/C9H10N4O2/c1-5-2-6(4-15-5)9(14)12-8-7(10)3-11-13-8/h2-4H,10H2,1H3,(H2,11,12,13,14). The Morgan fingerprint density at radius 1 is 1.67 bits per heavy atom. The van der Waals surface area contributed by atoms with Crippen molar-refractivity contribution < 1.29 is 9.21 Å². The first-order valence-corrected chi connectivity index (χ1v) is 4.32. The summed E-state index contributed by atoms with van der Waals surface area (Å²) < 4.78 is 5.02. The van der Waals surface area contributed by atoms with Crippen molar-refractivity contribution in [3.05, 3.63) is 29.9 Å². The second-order valence-electron chi connectivity index (χ2n) is 3.10. The number of anilines is 2. The van der Waals surface area contributed by atoms with E-state index in [9.17, 15) is 4.79 Å². The summed E-state index contributed by atoms with van der Waals surface area (Å²) in [5, 5.41) is 8.84. The number of nitrogen functional groups attached to an aromatic ring is 1. The van der Waals surface area contributed by atoms with Crippen molar-refractivity contribution >= 4 is 17.4 Å². The topological polar surface area (TPSA) is 96.9 Å². The average molecular weight is 206 g/mol. The van der Waals surface area contributed by atoms with Crippen LogP contribution in [-0.4, -0.2) is 16.1 Å². The molecule has 0 spiro atoms. The molecule has 0 saturated carbocycles. The van der Waals surface area contributed by atoms with Crippen molar-refractivity contribution in [1.29, 1.82) is 0 Å². The lowest BCUT2D eigenvalue weighted by molar-refractivity contribution is 0.102. The van der Waals surface area contributed by atoms with Crippen LogP contribution in [0.1, 0.15) is 16.1 Å². The predicted molar refractivity (Wildman–Crippen MR) is 54.4 cm³/mol. The van der Waals surface area contributed by atoms with Crippen LogP contribution in [0.2, 0.25) is 0 Å². The van der Waals surface area contributed by atoms with Gasteiger partial charge in [0.05, 0.1) is 17.4 Å². The molecule has 6 nitrogen and oxygen atoms in total. The maximum absolute atomic E-state index is 11.6. The van der Waals surface area contributed by atoms with Gasteiger partial charge in [0.2, 0.25) is 0 Å². The van der Waals surface area contributed by atoms with E-state index in [2.05, 4.69) is 15.5 Å². The van der Waals surface area contributed by atoms with Gasteiger partial charge in [-0.05, 0) is 13.0 Å². The molecular formula is C9H10N4O2. The van der Waals surface area contributed by atoms with Gasteiger partial charge in [-0.25, -0.2) is 0 Å². The van der Waals surface area contributed by atoms with E-state index < -0.39 is 0 Å². The van der Waals surface area contributed by atoms with Gasteiger partial charge in [0, 0.05) is 0 Å². The summed E-state index contributed by atoms with van der Waals surface area (Å²) in [6, 6.07) is 1.64. The zero-order chi connectivity index (χ0) is 10.8. The molecule has 0 atom stereocenters. The largest absolute Gasteiger partial charge is 0.469 e. The van der Waals surface area contributed by atoms with Crippen molar-refractivity contribution in [2.75, 3.05) is 11.1 Å². The number of aromatic amines is 1. The Bertz CT molecular complexity index is 486. The fourth-order valence-corrected chi connectivity index (χ4v) is 1.14. The monoisotopic (exact) mass is 206 g/mol. The van der Waals surface area contributed by atoms with Gasteiger partial charge in [0.1, 0.15) is 12.0 Å². The van der Waals surface area contributed by atoms with E-state index in [1.807, 2.05) is 0 Å². The molecule has 0 bridgehead atoms. The van der Waals surface area contributed by atoms with Crippen molar-refractivity contribution in [3.63, 3.8) is 0 Å². The minimum absolute atomic E-state index is 0.289. The summed E-state index contributed by atoms with van der Waals surface area (Å²) in [5.41, 5.74) is 6.38. The Morgan fingerprint density at radius 3 is 3.00 bits per heavy atom. The zero-order valence-corrected chi connectivity index (χ0v) is 8.07. The number of furan rings is 1. The van der Waals surface area contributed by atoms with Crippen molar-refractivity contribution in [3.8, 4) is 0 Å². The molecule has 0 aliphatic carbocycles. The van der Waals surface area contributed by atoms with Crippen molar-refractivity contribution in [2.45, 2.75) is 6.92 Å². The van der Waals surface area contributed by atoms with E-state index in [1.54, 1.807) is 13.0 Å². The number of carbonyl (C=O) groups excluding carboxylic acids is 1. The Balaban J connectivity index is 2.14. The smallest absolute Gasteiger partial charge is 0.260 e. The molecule has 0 unspecified atom stereocenters. The van der Waals surface area contributed by atoms with Crippen LogP contribution >= 0.6 is 0 Å². The number of carbonyl (C=O) groups is 1. The quantitative estimate of drug-likeness (QED) is 0.686. The summed E-state index contributed by atoms with van der Waals surface area (Å²) in [6.07, 6.45) is 2.81. The zero-order valence-electron chi connectivity index (χ0n) is 8.07. The molecule has 0 aliphatic rings. The molecule has 2 rings (SSSR count). The molecule has 78 valence electrons. The highest BCUT2D eigenvalue weighted by atomic mass is 16.3. The third-order valence-electron chi connectivity index (χ3n) is 1.90. The Kier molecular flexibility index (Phi) is 2.17. The second kappa shape index (κ2) is 3.49. The van der Waals surface area contributed by atoms with Crippen LogP contribution < -0.4 is 11.1 Å². The van der Waals surface area contributed by atoms with E-state index in [1.165, 1.54) is 12.5 Å². The number of amides is 1. The molecule has 0 radical (unpaired) electrons. The van der Waals surface area contributed by atoms with E-state index in [-0.39, 0.29) is 5.91 Å². The molecule has 0 saturated heterocycles. The number of hydrogen-bond donors (Lipinski definition) is 3. The fraction of sp³-hybridized carbons (Fsp3) is 0.111. The first kappa shape index (κ1) is 9.32. The first-order chi connectivity index (χ1) is 7.16. The fourth-order valence-electron chi connectivity index (χ4n) is 1.14. The van der Waals surface area contributed by atoms with Gasteiger partial charge in [0.15, 0.2) is 5.82 Å². The Labute approximate surface area is 85.5 Å². The van der Waals surface area contributed by atoms with Crippen LogP contribution in [0.25, 0.3) is 0 Å². The molecule has 0 aliphatic heterocycles. The van der Waals surface area contributed by atoms with E-state index in [0.29, 0.717) is 22.8 Å². The number of H-pyrrole nitrogens is 1. The highest BCUT2D eigenvalue weighted by molar-refractivity contribution is 6.04. The van der Waals surface area contributed by atoms with Crippen molar-refractivity contribution in [2.24, 2.45) is 0 Å². The minimum Gasteiger partial charge on any atom is -0.469 e. The lowest BCUT2D eigenvalue weighted by atomic mass is 10.3. The van der Waals surface area contributed by atoms with Crippen LogP contribution in [0.4, 0.5) is 11.5 Å². The van der Waals surface area contributed by atoms with Gasteiger partial charge in [-0.15, -0.1) is 0 Å². The number of aryl methyl sites for hydroxylation is 1.